The Bertz CT molecular complexity index is 5200. The van der Waals surface area contributed by atoms with Crippen molar-refractivity contribution < 1.29 is 8.83 Å². The number of benzene rings is 4. The number of hydrogen-bond acceptors (Lipinski definition) is 19. The SMILES string of the molecule is CC.CC.CC.CC.CC.CC.CC.CC.CC.CC.CC.Cc1ccc2oc(C)nc2c1.Cc1ccc2oc(C)nc2n1.Cc1ccc2sc(C)nc2c1.Cc1ccc2sc(C)nc2n1.Cc1cccc2ccnnc12.Cc1cccc2cnncc12.Cc1ccn2ccnc2c1.Cc1ccn2ccnc2n1.Cc1cnc2c(c1)nc(C)n2C. The number of aromatic nitrogens is 18. The van der Waals surface area contributed by atoms with Crippen molar-refractivity contribution in [2.24, 2.45) is 7.05 Å². The van der Waals surface area contributed by atoms with Crippen LogP contribution in [0.1, 0.15) is 230 Å². The maximum Gasteiger partial charge on any atom is 0.233 e. The third-order valence-electron chi connectivity index (χ3n) is 14.9. The lowest BCUT2D eigenvalue weighted by Gasteiger charge is -1.97. The van der Waals surface area contributed by atoms with Gasteiger partial charge in [-0.2, -0.15) is 25.4 Å². The molecule has 22 heteroatoms. The molecule has 0 spiro atoms. The molecule has 0 aliphatic rings. The van der Waals surface area contributed by atoms with Gasteiger partial charge >= 0.3 is 0 Å². The van der Waals surface area contributed by atoms with E-state index in [1.165, 1.54) is 42.6 Å². The van der Waals surface area contributed by atoms with Gasteiger partial charge in [0.15, 0.2) is 39.9 Å². The minimum atomic E-state index is 0.665. The van der Waals surface area contributed by atoms with Gasteiger partial charge in [-0.15, -0.1) is 22.7 Å². The van der Waals surface area contributed by atoms with E-state index in [4.69, 9.17) is 8.83 Å². The second-order valence-corrected chi connectivity index (χ2v) is 25.7. The number of pyridine rings is 4. The Balaban J connectivity index is 0. The zero-order valence-corrected chi connectivity index (χ0v) is 81.2. The van der Waals surface area contributed by atoms with Crippen molar-refractivity contribution in [3.63, 3.8) is 0 Å². The van der Waals surface area contributed by atoms with Crippen molar-refractivity contribution >= 4 is 110 Å². The lowest BCUT2D eigenvalue weighted by atomic mass is 10.1. The summed E-state index contributed by atoms with van der Waals surface area (Å²) in [5.41, 5.74) is 19.5. The van der Waals surface area contributed by atoms with Gasteiger partial charge in [-0.05, 0) is 195 Å². The van der Waals surface area contributed by atoms with Crippen LogP contribution in [0.15, 0.2) is 198 Å². The second-order valence-electron chi connectivity index (χ2n) is 23.2. The predicted octanol–water partition coefficient (Wildman–Crippen LogP) is 28.9. The van der Waals surface area contributed by atoms with E-state index >= 15 is 0 Å². The van der Waals surface area contributed by atoms with Crippen LogP contribution >= 0.6 is 22.7 Å². The molecule has 0 N–H and O–H groups in total. The molecule has 0 unspecified atom stereocenters. The van der Waals surface area contributed by atoms with Crippen molar-refractivity contribution in [3.8, 4) is 0 Å². The van der Waals surface area contributed by atoms with Gasteiger partial charge in [0, 0.05) is 97.5 Å². The first kappa shape index (κ1) is 111. The van der Waals surface area contributed by atoms with E-state index in [1.807, 2.05) is 359 Å². The van der Waals surface area contributed by atoms with Gasteiger partial charge in [-0.1, -0.05) is 201 Å². The number of nitrogens with zero attached hydrogens (tertiary/aromatic N) is 18. The summed E-state index contributed by atoms with van der Waals surface area (Å²) in [5.74, 6) is 3.16. The highest BCUT2D eigenvalue weighted by molar-refractivity contribution is 7.18. The van der Waals surface area contributed by atoms with E-state index < -0.39 is 0 Å². The maximum absolute atomic E-state index is 5.31. The van der Waals surface area contributed by atoms with Gasteiger partial charge in [0.2, 0.25) is 5.78 Å². The van der Waals surface area contributed by atoms with Crippen LogP contribution in [0.5, 0.6) is 0 Å². The zero-order valence-electron chi connectivity index (χ0n) is 79.6. The average Bonchev–Trinajstić information content (AvgIpc) is 1.70. The number of thiazole rings is 2. The Labute approximate surface area is 726 Å². The topological polar surface area (TPSA) is 233 Å². The second kappa shape index (κ2) is 64.5. The quantitative estimate of drug-likeness (QED) is 0.137. The van der Waals surface area contributed by atoms with E-state index in [1.54, 1.807) is 53.7 Å². The minimum absolute atomic E-state index is 0.665. The van der Waals surface area contributed by atoms with Gasteiger partial charge in [-0.3, -0.25) is 4.40 Å². The third kappa shape index (κ3) is 37.6. The van der Waals surface area contributed by atoms with Crippen LogP contribution in [-0.4, -0.2) is 88.6 Å². The molecule has 14 aromatic heterocycles. The van der Waals surface area contributed by atoms with Crippen LogP contribution in [0.25, 0.3) is 87.2 Å². The molecule has 648 valence electrons. The molecule has 120 heavy (non-hydrogen) atoms. The summed E-state index contributed by atoms with van der Waals surface area (Å²) in [7, 11) is 1.98. The molecule has 0 aliphatic heterocycles. The monoisotopic (exact) mass is 1670 g/mol. The molecule has 18 aromatic rings. The molecule has 4 aromatic carbocycles. The van der Waals surface area contributed by atoms with Crippen molar-refractivity contribution in [1.82, 2.24) is 88.6 Å². The maximum atomic E-state index is 5.31. The molecule has 0 fully saturated rings. The van der Waals surface area contributed by atoms with E-state index in [0.717, 1.165) is 111 Å². The van der Waals surface area contributed by atoms with Crippen molar-refractivity contribution in [1.29, 1.82) is 0 Å². The van der Waals surface area contributed by atoms with Crippen molar-refractivity contribution in [2.75, 3.05) is 0 Å². The number of rotatable bonds is 0. The standard InChI is InChI=1S/C9H11N3.2C9H8N2.C9H9NO.C9H9NS.C8H8N2O.C8H8N2S.C8H8N2.C7H7N3.11C2H6/c1-6-4-8-9(10-5-6)12(3)7(2)11-8;1-7-3-2-4-8-5-10-11-6-9(7)8;1-7-3-2-4-8-5-6-10-11-9(7)8;2*1-6-3-4-9-8(5-6)10-7(2)11-9;2*1-5-3-4-7-8(9-5)10-6(2)11-7;1-7-2-4-10-5-3-9-8(10)6-7;1-6-2-4-10-5-3-8-7(10)9-6;11*1-2/h4-5H,1-3H3;2*2-6H,1H3;2*3-5H,1-2H3;2*3-4H,1-2H3;2-6H,1H3;2-5H,1H3;11*1-2H3. The number of oxazole rings is 2. The Morgan fingerprint density at radius 2 is 0.842 bits per heavy atom. The summed E-state index contributed by atoms with van der Waals surface area (Å²) in [6, 6.07) is 42.6. The van der Waals surface area contributed by atoms with Gasteiger partial charge < -0.3 is 17.8 Å². The van der Waals surface area contributed by atoms with Crippen LogP contribution in [0.2, 0.25) is 0 Å². The summed E-state index contributed by atoms with van der Waals surface area (Å²) < 4.78 is 18.9. The van der Waals surface area contributed by atoms with Crippen LogP contribution < -0.4 is 0 Å². The van der Waals surface area contributed by atoms with E-state index in [0.29, 0.717) is 11.5 Å². The highest BCUT2D eigenvalue weighted by atomic mass is 32.1. The van der Waals surface area contributed by atoms with E-state index in [9.17, 15) is 0 Å². The van der Waals surface area contributed by atoms with E-state index in [2.05, 4.69) is 145 Å². The summed E-state index contributed by atoms with van der Waals surface area (Å²) in [5, 5.41) is 21.2. The lowest BCUT2D eigenvalue weighted by molar-refractivity contribution is 0.560. The fraction of sp³-hybridized carbons (Fsp3) is 0.378. The largest absolute Gasteiger partial charge is 0.441 e. The molecule has 0 atom stereocenters. The van der Waals surface area contributed by atoms with Crippen molar-refractivity contribution in [3.05, 3.63) is 267 Å². The number of aryl methyl sites for hydroxylation is 15. The molecule has 14 heterocycles. The fourth-order valence-electron chi connectivity index (χ4n) is 9.88. The molecule has 0 saturated carbocycles. The Morgan fingerprint density at radius 3 is 1.49 bits per heavy atom. The Hall–Kier alpha value is -11.5. The molecule has 20 nitrogen and oxygen atoms in total. The van der Waals surface area contributed by atoms with Gasteiger partial charge in [0.1, 0.15) is 22.5 Å². The third-order valence-corrected chi connectivity index (χ3v) is 16.8. The molecule has 18 rings (SSSR count). The van der Waals surface area contributed by atoms with Gasteiger partial charge in [0.25, 0.3) is 0 Å². The first-order valence-electron chi connectivity index (χ1n) is 42.5. The number of hydrogen-bond donors (Lipinski definition) is 0. The van der Waals surface area contributed by atoms with E-state index in [-0.39, 0.29) is 0 Å². The molecule has 0 saturated heterocycles. The Kier molecular flexibility index (Phi) is 59.4. The fourth-order valence-corrected chi connectivity index (χ4v) is 11.5. The zero-order chi connectivity index (χ0) is 91.4. The Morgan fingerprint density at radius 1 is 0.333 bits per heavy atom. The predicted molar refractivity (Wildman–Crippen MR) is 520 cm³/mol. The first-order chi connectivity index (χ1) is 58.2. The highest BCUT2D eigenvalue weighted by Gasteiger charge is 2.07. The molecular formula is C98H142N18O2S2. The van der Waals surface area contributed by atoms with Gasteiger partial charge in [-0.25, -0.2) is 49.8 Å². The summed E-state index contributed by atoms with van der Waals surface area (Å²) >= 11 is 3.44. The average molecular weight is 1670 g/mol. The lowest BCUT2D eigenvalue weighted by Crippen LogP contribution is -1.91. The van der Waals surface area contributed by atoms with Crippen LogP contribution in [0.4, 0.5) is 0 Å². The summed E-state index contributed by atoms with van der Waals surface area (Å²) in [4.78, 5) is 46.5. The summed E-state index contributed by atoms with van der Waals surface area (Å²) in [6.07, 6.45) is 18.5. The molecule has 0 bridgehead atoms. The molecular weight excluding hydrogens is 1530 g/mol. The number of fused-ring (bicyclic) bond motifs is 9. The highest BCUT2D eigenvalue weighted by Crippen LogP contribution is 2.23. The van der Waals surface area contributed by atoms with Gasteiger partial charge in [0.05, 0.1) is 49.0 Å². The minimum Gasteiger partial charge on any atom is -0.441 e. The molecule has 0 radical (unpaired) electrons. The van der Waals surface area contributed by atoms with Crippen LogP contribution in [0, 0.1) is 96.9 Å². The normalized spacial score (nSPS) is 9.21. The van der Waals surface area contributed by atoms with Crippen molar-refractivity contribution in [2.45, 2.75) is 249 Å². The summed E-state index contributed by atoms with van der Waals surface area (Å²) in [6.45, 7) is 71.9. The molecule has 0 aliphatic carbocycles. The first-order valence-corrected chi connectivity index (χ1v) is 44.2. The number of imidazole rings is 3. The van der Waals surface area contributed by atoms with Crippen LogP contribution in [0.3, 0.4) is 0 Å². The van der Waals surface area contributed by atoms with Crippen LogP contribution in [-0.2, 0) is 7.05 Å². The smallest absolute Gasteiger partial charge is 0.233 e. The molecule has 0 amide bonds.